The molecule has 3 aromatic rings. The molecule has 9 heteroatoms. The molecule has 33 heavy (non-hydrogen) atoms. The van der Waals surface area contributed by atoms with Gasteiger partial charge in [0.05, 0.1) is 11.3 Å². The maximum atomic E-state index is 12.9. The van der Waals surface area contributed by atoms with Gasteiger partial charge in [-0.3, -0.25) is 4.79 Å². The van der Waals surface area contributed by atoms with Gasteiger partial charge < -0.3 is 10.1 Å². The molecule has 0 aliphatic carbocycles. The first-order valence-corrected chi connectivity index (χ1v) is 12.2. The van der Waals surface area contributed by atoms with Crippen molar-refractivity contribution in [2.24, 2.45) is 0 Å². The first kappa shape index (κ1) is 24.7. The summed E-state index contributed by atoms with van der Waals surface area (Å²) in [5, 5.41) is 3.10. The molecular weight excluding hydrogens is 472 g/mol. The number of rotatable bonds is 7. The van der Waals surface area contributed by atoms with Gasteiger partial charge in [-0.1, -0.05) is 23.7 Å². The minimum Gasteiger partial charge on any atom is -0.434 e. The number of carbonyl (C=O) groups is 1. The highest BCUT2D eigenvalue weighted by molar-refractivity contribution is 7.90. The van der Waals surface area contributed by atoms with Crippen LogP contribution in [0.25, 0.3) is 11.1 Å². The van der Waals surface area contributed by atoms with Crippen molar-refractivity contribution >= 4 is 33.0 Å². The van der Waals surface area contributed by atoms with E-state index in [0.717, 1.165) is 17.4 Å². The van der Waals surface area contributed by atoms with Gasteiger partial charge in [0.25, 0.3) is 0 Å². The molecular formula is C24H22ClF2NO4S. The average Bonchev–Trinajstić information content (AvgIpc) is 2.68. The monoisotopic (exact) mass is 493 g/mol. The third-order valence-corrected chi connectivity index (χ3v) is 6.33. The minimum atomic E-state index is -3.30. The fourth-order valence-electron chi connectivity index (χ4n) is 3.60. The molecule has 0 saturated heterocycles. The number of sulfone groups is 1. The molecule has 174 valence electrons. The van der Waals surface area contributed by atoms with Crippen molar-refractivity contribution < 1.29 is 26.7 Å². The van der Waals surface area contributed by atoms with E-state index in [4.69, 9.17) is 11.6 Å². The van der Waals surface area contributed by atoms with Gasteiger partial charge in [0.15, 0.2) is 9.84 Å². The minimum absolute atomic E-state index is 0.0296. The lowest BCUT2D eigenvalue weighted by Crippen LogP contribution is -2.15. The van der Waals surface area contributed by atoms with Crippen LogP contribution in [-0.4, -0.2) is 27.2 Å². The Labute approximate surface area is 196 Å². The van der Waals surface area contributed by atoms with Gasteiger partial charge in [0.2, 0.25) is 5.91 Å². The highest BCUT2D eigenvalue weighted by Gasteiger charge is 2.17. The summed E-state index contributed by atoms with van der Waals surface area (Å²) >= 11 is 5.94. The van der Waals surface area contributed by atoms with Crippen LogP contribution in [0.5, 0.6) is 5.75 Å². The Morgan fingerprint density at radius 3 is 2.18 bits per heavy atom. The van der Waals surface area contributed by atoms with Gasteiger partial charge in [-0.15, -0.1) is 0 Å². The maximum absolute atomic E-state index is 12.9. The molecule has 0 heterocycles. The molecule has 0 bridgehead atoms. The van der Waals surface area contributed by atoms with E-state index < -0.39 is 16.4 Å². The molecule has 5 nitrogen and oxygen atoms in total. The van der Waals surface area contributed by atoms with Gasteiger partial charge >= 0.3 is 6.61 Å². The fraction of sp³-hybridized carbons (Fsp3) is 0.208. The Kier molecular flexibility index (Phi) is 7.39. The molecule has 3 aromatic carbocycles. The summed E-state index contributed by atoms with van der Waals surface area (Å²) in [6, 6.07) is 14.2. The predicted octanol–water partition coefficient (Wildman–Crippen LogP) is 5.81. The number of amides is 1. The van der Waals surface area contributed by atoms with Gasteiger partial charge in [-0.25, -0.2) is 8.42 Å². The van der Waals surface area contributed by atoms with E-state index in [1.165, 1.54) is 18.2 Å². The van der Waals surface area contributed by atoms with Crippen LogP contribution in [0.4, 0.5) is 14.5 Å². The number of anilines is 1. The summed E-state index contributed by atoms with van der Waals surface area (Å²) in [5.41, 5.74) is 3.90. The Morgan fingerprint density at radius 1 is 1.03 bits per heavy atom. The zero-order valence-electron chi connectivity index (χ0n) is 18.2. The van der Waals surface area contributed by atoms with Crippen molar-refractivity contribution in [1.29, 1.82) is 0 Å². The van der Waals surface area contributed by atoms with Crippen molar-refractivity contribution in [2.75, 3.05) is 11.6 Å². The van der Waals surface area contributed by atoms with E-state index in [0.29, 0.717) is 22.4 Å². The van der Waals surface area contributed by atoms with Gasteiger partial charge in [-0.2, -0.15) is 8.78 Å². The van der Waals surface area contributed by atoms with E-state index in [1.807, 2.05) is 13.8 Å². The van der Waals surface area contributed by atoms with Crippen molar-refractivity contribution in [3.63, 3.8) is 0 Å². The molecule has 0 aliphatic rings. The number of nitrogens with one attached hydrogen (secondary N) is 1. The number of alkyl halides is 2. The smallest absolute Gasteiger partial charge is 0.387 e. The summed E-state index contributed by atoms with van der Waals surface area (Å²) in [6.07, 6.45) is 1.18. The molecule has 0 unspecified atom stereocenters. The Balaban J connectivity index is 1.82. The molecule has 1 amide bonds. The molecule has 0 aliphatic heterocycles. The van der Waals surface area contributed by atoms with Gasteiger partial charge in [-0.05, 0) is 78.6 Å². The SMILES string of the molecule is Cc1cc(NC(=O)Cc2ccc(S(C)(=O)=O)cc2)cc(C)c1-c1ccc(Cl)cc1OC(F)F. The molecule has 0 saturated carbocycles. The molecule has 3 rings (SSSR count). The van der Waals surface area contributed by atoms with Crippen LogP contribution in [0.1, 0.15) is 16.7 Å². The van der Waals surface area contributed by atoms with Crippen LogP contribution >= 0.6 is 11.6 Å². The second-order valence-electron chi connectivity index (χ2n) is 7.65. The number of benzene rings is 3. The molecule has 0 radical (unpaired) electrons. The van der Waals surface area contributed by atoms with Crippen LogP contribution in [-0.2, 0) is 21.1 Å². The normalized spacial score (nSPS) is 11.5. The van der Waals surface area contributed by atoms with E-state index >= 15 is 0 Å². The zero-order valence-corrected chi connectivity index (χ0v) is 19.7. The lowest BCUT2D eigenvalue weighted by molar-refractivity contribution is -0.115. The molecule has 0 spiro atoms. The summed E-state index contributed by atoms with van der Waals surface area (Å²) in [7, 11) is -3.30. The number of aryl methyl sites for hydroxylation is 2. The molecule has 0 aromatic heterocycles. The van der Waals surface area contributed by atoms with E-state index in [2.05, 4.69) is 10.1 Å². The van der Waals surface area contributed by atoms with E-state index in [1.54, 1.807) is 36.4 Å². The Morgan fingerprint density at radius 2 is 1.64 bits per heavy atom. The highest BCUT2D eigenvalue weighted by Crippen LogP contribution is 2.38. The van der Waals surface area contributed by atoms with Crippen LogP contribution in [0.3, 0.4) is 0 Å². The summed E-state index contributed by atoms with van der Waals surface area (Å²) in [6.45, 7) is 0.624. The average molecular weight is 494 g/mol. The second-order valence-corrected chi connectivity index (χ2v) is 10.1. The van der Waals surface area contributed by atoms with Crippen LogP contribution in [0.2, 0.25) is 5.02 Å². The third-order valence-electron chi connectivity index (χ3n) is 4.96. The van der Waals surface area contributed by atoms with Gasteiger partial charge in [0, 0.05) is 22.5 Å². The van der Waals surface area contributed by atoms with Crippen molar-refractivity contribution in [2.45, 2.75) is 31.8 Å². The standard InChI is InChI=1S/C24H22ClF2NO4S/c1-14-10-18(28-22(29)12-16-4-7-19(8-5-16)33(3,30)31)11-15(2)23(14)20-9-6-17(25)13-21(20)32-24(26)27/h4-11,13,24H,12H2,1-3H3,(H,28,29). The highest BCUT2D eigenvalue weighted by atomic mass is 35.5. The number of hydrogen-bond acceptors (Lipinski definition) is 4. The van der Waals surface area contributed by atoms with Crippen molar-refractivity contribution in [3.8, 4) is 16.9 Å². The van der Waals surface area contributed by atoms with Crippen LogP contribution in [0.15, 0.2) is 59.5 Å². The molecule has 0 fully saturated rings. The maximum Gasteiger partial charge on any atom is 0.387 e. The third kappa shape index (κ3) is 6.30. The Bertz CT molecular complexity index is 1270. The first-order valence-electron chi connectivity index (χ1n) is 9.89. The predicted molar refractivity (Wildman–Crippen MR) is 125 cm³/mol. The number of carbonyl (C=O) groups excluding carboxylic acids is 1. The topological polar surface area (TPSA) is 72.5 Å². The van der Waals surface area contributed by atoms with E-state index in [9.17, 15) is 22.0 Å². The van der Waals surface area contributed by atoms with Crippen molar-refractivity contribution in [1.82, 2.24) is 0 Å². The first-order chi connectivity index (χ1) is 15.4. The van der Waals surface area contributed by atoms with Gasteiger partial charge in [0.1, 0.15) is 5.75 Å². The number of hydrogen-bond donors (Lipinski definition) is 1. The quantitative estimate of drug-likeness (QED) is 0.451. The fourth-order valence-corrected chi connectivity index (χ4v) is 4.39. The van der Waals surface area contributed by atoms with E-state index in [-0.39, 0.29) is 28.0 Å². The largest absolute Gasteiger partial charge is 0.434 e. The molecule has 1 N–H and O–H groups in total. The van der Waals surface area contributed by atoms with Crippen molar-refractivity contribution in [3.05, 3.63) is 76.3 Å². The number of halogens is 3. The summed E-state index contributed by atoms with van der Waals surface area (Å²) in [5.74, 6) is -0.306. The zero-order chi connectivity index (χ0) is 24.3. The Hall–Kier alpha value is -2.97. The molecule has 0 atom stereocenters. The number of ether oxygens (including phenoxy) is 1. The van der Waals surface area contributed by atoms with Crippen LogP contribution in [0, 0.1) is 13.8 Å². The lowest BCUT2D eigenvalue weighted by Gasteiger charge is -2.17. The summed E-state index contributed by atoms with van der Waals surface area (Å²) in [4.78, 5) is 12.7. The lowest BCUT2D eigenvalue weighted by atomic mass is 9.94. The second kappa shape index (κ2) is 9.89. The van der Waals surface area contributed by atoms with Crippen LogP contribution < -0.4 is 10.1 Å². The summed E-state index contributed by atoms with van der Waals surface area (Å²) < 4.78 is 53.5.